The van der Waals surface area contributed by atoms with E-state index in [4.69, 9.17) is 0 Å². The van der Waals surface area contributed by atoms with E-state index in [-0.39, 0.29) is 0 Å². The van der Waals surface area contributed by atoms with Crippen LogP contribution in [0.4, 0.5) is 13.2 Å². The Labute approximate surface area is 100 Å². The molecule has 0 bridgehead atoms. The second-order valence-electron chi connectivity index (χ2n) is 4.44. The van der Waals surface area contributed by atoms with E-state index in [0.29, 0.717) is 6.42 Å². The lowest BCUT2D eigenvalue weighted by Crippen LogP contribution is -2.33. The summed E-state index contributed by atoms with van der Waals surface area (Å²) in [5.74, 6) is 0. The molecule has 4 heteroatoms. The number of likely N-dealkylation sites (N-methyl/N-ethyl adjacent to an activating group) is 1. The van der Waals surface area contributed by atoms with Crippen LogP contribution in [0.5, 0.6) is 0 Å². The van der Waals surface area contributed by atoms with Gasteiger partial charge in [0.25, 0.3) is 0 Å². The molecule has 0 radical (unpaired) electrons. The lowest BCUT2D eigenvalue weighted by molar-refractivity contribution is -0.139. The van der Waals surface area contributed by atoms with Crippen molar-refractivity contribution in [1.82, 2.24) is 5.32 Å². The summed E-state index contributed by atoms with van der Waals surface area (Å²) in [5, 5.41) is 2.73. The van der Waals surface area contributed by atoms with Crippen LogP contribution in [0.2, 0.25) is 0 Å². The van der Waals surface area contributed by atoms with Gasteiger partial charge in [-0.15, -0.1) is 0 Å². The summed E-state index contributed by atoms with van der Waals surface area (Å²) >= 11 is 0. The minimum atomic E-state index is -4.12. The molecule has 1 atom stereocenters. The number of nitrogens with one attached hydrogen (secondary N) is 1. The third kappa shape index (κ3) is 4.77. The third-order valence-electron chi connectivity index (χ3n) is 2.86. The van der Waals surface area contributed by atoms with Gasteiger partial charge in [-0.2, -0.15) is 13.2 Å². The Balaban J connectivity index is 2.77. The predicted molar refractivity (Wildman–Crippen MR) is 63.1 cm³/mol. The average molecular weight is 245 g/mol. The molecule has 17 heavy (non-hydrogen) atoms. The summed E-state index contributed by atoms with van der Waals surface area (Å²) in [4.78, 5) is 0. The summed E-state index contributed by atoms with van der Waals surface area (Å²) in [7, 11) is 1.57. The van der Waals surface area contributed by atoms with Gasteiger partial charge >= 0.3 is 6.18 Å². The van der Waals surface area contributed by atoms with Crippen molar-refractivity contribution in [1.29, 1.82) is 0 Å². The summed E-state index contributed by atoms with van der Waals surface area (Å²) in [6, 6.07) is 5.31. The first kappa shape index (κ1) is 14.0. The van der Waals surface area contributed by atoms with E-state index in [2.05, 4.69) is 5.32 Å². The molecule has 0 spiro atoms. The van der Waals surface area contributed by atoms with Gasteiger partial charge < -0.3 is 5.32 Å². The average Bonchev–Trinajstić information content (AvgIpc) is 2.20. The molecule has 0 aliphatic heterocycles. The Morgan fingerprint density at radius 3 is 2.41 bits per heavy atom. The summed E-state index contributed by atoms with van der Waals surface area (Å²) in [6.45, 7) is 3.87. The van der Waals surface area contributed by atoms with Gasteiger partial charge in [-0.05, 0) is 38.4 Å². The molecule has 0 fully saturated rings. The third-order valence-corrected chi connectivity index (χ3v) is 2.86. The van der Waals surface area contributed by atoms with Crippen LogP contribution in [0.15, 0.2) is 18.2 Å². The minimum absolute atomic E-state index is 0.406. The maximum atomic E-state index is 12.3. The molecule has 1 nitrogen and oxygen atoms in total. The quantitative estimate of drug-likeness (QED) is 0.857. The fourth-order valence-electron chi connectivity index (χ4n) is 1.84. The number of rotatable bonds is 4. The van der Waals surface area contributed by atoms with Crippen molar-refractivity contribution >= 4 is 0 Å². The monoisotopic (exact) mass is 245 g/mol. The summed E-state index contributed by atoms with van der Waals surface area (Å²) < 4.78 is 37.0. The van der Waals surface area contributed by atoms with E-state index in [9.17, 15) is 13.2 Å². The second-order valence-corrected chi connectivity index (χ2v) is 4.44. The van der Waals surface area contributed by atoms with Crippen LogP contribution in [0, 0.1) is 13.8 Å². The fraction of sp³-hybridized carbons (Fsp3) is 0.538. The molecule has 0 amide bonds. The van der Waals surface area contributed by atoms with Crippen molar-refractivity contribution in [2.45, 2.75) is 38.9 Å². The van der Waals surface area contributed by atoms with Crippen LogP contribution in [0.1, 0.15) is 23.1 Å². The molecule has 0 aliphatic rings. The molecule has 1 aromatic rings. The van der Waals surface area contributed by atoms with Gasteiger partial charge in [-0.3, -0.25) is 0 Å². The molecule has 0 saturated carbocycles. The van der Waals surface area contributed by atoms with Crippen molar-refractivity contribution in [3.63, 3.8) is 0 Å². The van der Waals surface area contributed by atoms with E-state index in [1.807, 2.05) is 32.0 Å². The number of benzene rings is 1. The lowest BCUT2D eigenvalue weighted by atomic mass is 9.97. The van der Waals surface area contributed by atoms with Crippen LogP contribution in [-0.4, -0.2) is 19.3 Å². The SMILES string of the molecule is CNC(Cc1cc(C)ccc1C)CC(F)(F)F. The van der Waals surface area contributed by atoms with Crippen LogP contribution >= 0.6 is 0 Å². The van der Waals surface area contributed by atoms with Crippen molar-refractivity contribution in [2.24, 2.45) is 0 Å². The van der Waals surface area contributed by atoms with E-state index >= 15 is 0 Å². The fourth-order valence-corrected chi connectivity index (χ4v) is 1.84. The van der Waals surface area contributed by atoms with E-state index < -0.39 is 18.6 Å². The highest BCUT2D eigenvalue weighted by Crippen LogP contribution is 2.24. The van der Waals surface area contributed by atoms with E-state index in [0.717, 1.165) is 16.7 Å². The van der Waals surface area contributed by atoms with Crippen LogP contribution in [0.3, 0.4) is 0 Å². The Kier molecular flexibility index (Phi) is 4.57. The zero-order chi connectivity index (χ0) is 13.1. The molecule has 1 aromatic carbocycles. The Hall–Kier alpha value is -1.03. The molecule has 1 unspecified atom stereocenters. The first-order valence-electron chi connectivity index (χ1n) is 5.62. The van der Waals surface area contributed by atoms with Crippen LogP contribution in [-0.2, 0) is 6.42 Å². The predicted octanol–water partition coefficient (Wildman–Crippen LogP) is 3.39. The number of halogens is 3. The first-order valence-corrected chi connectivity index (χ1v) is 5.62. The Morgan fingerprint density at radius 1 is 1.24 bits per heavy atom. The molecule has 1 rings (SSSR count). The maximum Gasteiger partial charge on any atom is 0.390 e. The maximum absolute atomic E-state index is 12.3. The first-order chi connectivity index (χ1) is 7.81. The molecule has 1 N–H and O–H groups in total. The van der Waals surface area contributed by atoms with Gasteiger partial charge in [-0.1, -0.05) is 23.8 Å². The number of aryl methyl sites for hydroxylation is 2. The van der Waals surface area contributed by atoms with E-state index in [1.165, 1.54) is 0 Å². The van der Waals surface area contributed by atoms with Gasteiger partial charge in [0.2, 0.25) is 0 Å². The zero-order valence-corrected chi connectivity index (χ0v) is 10.4. The van der Waals surface area contributed by atoms with Crippen molar-refractivity contribution in [3.05, 3.63) is 34.9 Å². The van der Waals surface area contributed by atoms with Crippen LogP contribution < -0.4 is 5.32 Å². The molecule has 0 aromatic heterocycles. The van der Waals surface area contributed by atoms with Gasteiger partial charge in [-0.25, -0.2) is 0 Å². The second kappa shape index (κ2) is 5.54. The summed E-state index contributed by atoms with van der Waals surface area (Å²) in [5.41, 5.74) is 3.10. The van der Waals surface area contributed by atoms with Gasteiger partial charge in [0.15, 0.2) is 0 Å². The number of hydrogen-bond acceptors (Lipinski definition) is 1. The van der Waals surface area contributed by atoms with Gasteiger partial charge in [0.05, 0.1) is 6.42 Å². The molecular weight excluding hydrogens is 227 g/mol. The highest BCUT2D eigenvalue weighted by atomic mass is 19.4. The molecule has 96 valence electrons. The van der Waals surface area contributed by atoms with Crippen LogP contribution in [0.25, 0.3) is 0 Å². The molecule has 0 saturated heterocycles. The van der Waals surface area contributed by atoms with Crippen molar-refractivity contribution in [2.75, 3.05) is 7.05 Å². The standard InChI is InChI=1S/C13H18F3N/c1-9-4-5-10(2)11(6-9)7-12(17-3)8-13(14,15)16/h4-6,12,17H,7-8H2,1-3H3. The smallest absolute Gasteiger partial charge is 0.316 e. The largest absolute Gasteiger partial charge is 0.390 e. The summed E-state index contributed by atoms with van der Waals surface area (Å²) in [6.07, 6.45) is -4.51. The van der Waals surface area contributed by atoms with E-state index in [1.54, 1.807) is 7.05 Å². The zero-order valence-electron chi connectivity index (χ0n) is 10.4. The minimum Gasteiger partial charge on any atom is -0.316 e. The normalized spacial score (nSPS) is 13.8. The number of alkyl halides is 3. The lowest BCUT2D eigenvalue weighted by Gasteiger charge is -2.19. The highest BCUT2D eigenvalue weighted by molar-refractivity contribution is 5.31. The topological polar surface area (TPSA) is 12.0 Å². The Bertz CT molecular complexity index is 371. The van der Waals surface area contributed by atoms with Gasteiger partial charge in [0.1, 0.15) is 0 Å². The van der Waals surface area contributed by atoms with Gasteiger partial charge in [0, 0.05) is 6.04 Å². The highest BCUT2D eigenvalue weighted by Gasteiger charge is 2.31. The molecule has 0 heterocycles. The van der Waals surface area contributed by atoms with Crippen molar-refractivity contribution in [3.8, 4) is 0 Å². The van der Waals surface area contributed by atoms with Crippen molar-refractivity contribution < 1.29 is 13.2 Å². The molecular formula is C13H18F3N. The number of hydrogen-bond donors (Lipinski definition) is 1. The Morgan fingerprint density at radius 2 is 1.88 bits per heavy atom. The molecule has 0 aliphatic carbocycles.